The quantitative estimate of drug-likeness (QED) is 0.639. The van der Waals surface area contributed by atoms with Crippen molar-refractivity contribution in [3.63, 3.8) is 0 Å². The summed E-state index contributed by atoms with van der Waals surface area (Å²) in [6.45, 7) is 9.82. The van der Waals surface area contributed by atoms with Gasteiger partial charge in [0.25, 0.3) is 0 Å². The highest BCUT2D eigenvalue weighted by Gasteiger charge is 2.29. The molecule has 1 aromatic rings. The second-order valence-corrected chi connectivity index (χ2v) is 7.62. The van der Waals surface area contributed by atoms with Crippen LogP contribution >= 0.6 is 0 Å². The predicted molar refractivity (Wildman–Crippen MR) is 109 cm³/mol. The van der Waals surface area contributed by atoms with Gasteiger partial charge in [0, 0.05) is 38.6 Å². The standard InChI is InChI=1S/C22H34N2O4/c1-3-26-20-7-4-5-8-21(20)28-15-6-9-22(25)23-12-10-19(11-13-23)24-14-16-27-18(2)17-24/h4-5,7-8,18-19H,3,6,9-17H2,1-2H3. The number of hydrogen-bond acceptors (Lipinski definition) is 5. The number of likely N-dealkylation sites (tertiary alicyclic amines) is 1. The molecule has 2 saturated heterocycles. The fraction of sp³-hybridized carbons (Fsp3) is 0.682. The summed E-state index contributed by atoms with van der Waals surface area (Å²) in [5.41, 5.74) is 0. The zero-order valence-corrected chi connectivity index (χ0v) is 17.3. The van der Waals surface area contributed by atoms with Crippen molar-refractivity contribution in [3.05, 3.63) is 24.3 Å². The summed E-state index contributed by atoms with van der Waals surface area (Å²) < 4.78 is 17.0. The monoisotopic (exact) mass is 390 g/mol. The van der Waals surface area contributed by atoms with Gasteiger partial charge in [0.2, 0.25) is 5.91 Å². The number of ether oxygens (including phenoxy) is 3. The van der Waals surface area contributed by atoms with E-state index < -0.39 is 0 Å². The molecule has 6 heteroatoms. The molecule has 0 N–H and O–H groups in total. The SMILES string of the molecule is CCOc1ccccc1OCCCC(=O)N1CCC(N2CCOC(C)C2)CC1. The molecule has 2 fully saturated rings. The molecule has 0 bridgehead atoms. The molecule has 0 aliphatic carbocycles. The van der Waals surface area contributed by atoms with Gasteiger partial charge in [-0.15, -0.1) is 0 Å². The van der Waals surface area contributed by atoms with Gasteiger partial charge in [-0.25, -0.2) is 0 Å². The van der Waals surface area contributed by atoms with Gasteiger partial charge in [-0.05, 0) is 45.2 Å². The van der Waals surface area contributed by atoms with Crippen LogP contribution in [-0.4, -0.2) is 73.9 Å². The van der Waals surface area contributed by atoms with Crippen LogP contribution in [0.25, 0.3) is 0 Å². The van der Waals surface area contributed by atoms with E-state index in [1.807, 2.05) is 36.1 Å². The number of benzene rings is 1. The molecule has 0 radical (unpaired) electrons. The van der Waals surface area contributed by atoms with Crippen LogP contribution in [0, 0.1) is 0 Å². The summed E-state index contributed by atoms with van der Waals surface area (Å²) in [4.78, 5) is 17.1. The lowest BCUT2D eigenvalue weighted by Gasteiger charge is -2.41. The van der Waals surface area contributed by atoms with E-state index in [0.717, 1.165) is 63.5 Å². The number of para-hydroxylation sites is 2. The van der Waals surface area contributed by atoms with Crippen LogP contribution in [-0.2, 0) is 9.53 Å². The maximum absolute atomic E-state index is 12.5. The zero-order chi connectivity index (χ0) is 19.8. The third-order valence-electron chi connectivity index (χ3n) is 5.55. The summed E-state index contributed by atoms with van der Waals surface area (Å²) >= 11 is 0. The summed E-state index contributed by atoms with van der Waals surface area (Å²) in [7, 11) is 0. The Labute approximate surface area is 168 Å². The maximum atomic E-state index is 12.5. The predicted octanol–water partition coefficient (Wildman–Crippen LogP) is 2.96. The van der Waals surface area contributed by atoms with E-state index in [-0.39, 0.29) is 5.91 Å². The summed E-state index contributed by atoms with van der Waals surface area (Å²) in [6, 6.07) is 8.27. The molecule has 0 spiro atoms. The Morgan fingerprint density at radius 3 is 2.54 bits per heavy atom. The second kappa shape index (κ2) is 10.7. The highest BCUT2D eigenvalue weighted by molar-refractivity contribution is 5.76. The van der Waals surface area contributed by atoms with Crippen LogP contribution in [0.15, 0.2) is 24.3 Å². The van der Waals surface area contributed by atoms with Crippen LogP contribution in [0.4, 0.5) is 0 Å². The van der Waals surface area contributed by atoms with E-state index in [4.69, 9.17) is 14.2 Å². The minimum absolute atomic E-state index is 0.246. The van der Waals surface area contributed by atoms with Gasteiger partial charge in [-0.2, -0.15) is 0 Å². The first-order chi connectivity index (χ1) is 13.7. The number of piperidine rings is 1. The minimum atomic E-state index is 0.246. The Morgan fingerprint density at radius 1 is 1.14 bits per heavy atom. The molecule has 1 unspecified atom stereocenters. The van der Waals surface area contributed by atoms with Gasteiger partial charge in [-0.3, -0.25) is 9.69 Å². The molecule has 6 nitrogen and oxygen atoms in total. The van der Waals surface area contributed by atoms with Crippen LogP contribution < -0.4 is 9.47 Å². The van der Waals surface area contributed by atoms with Crippen molar-refractivity contribution in [1.29, 1.82) is 0 Å². The Morgan fingerprint density at radius 2 is 1.86 bits per heavy atom. The van der Waals surface area contributed by atoms with Gasteiger partial charge in [0.1, 0.15) is 0 Å². The van der Waals surface area contributed by atoms with Gasteiger partial charge in [-0.1, -0.05) is 12.1 Å². The molecule has 1 atom stereocenters. The first-order valence-electron chi connectivity index (χ1n) is 10.7. The van der Waals surface area contributed by atoms with Crippen LogP contribution in [0.1, 0.15) is 39.5 Å². The summed E-state index contributed by atoms with van der Waals surface area (Å²) in [5, 5.41) is 0. The van der Waals surface area contributed by atoms with Crippen LogP contribution in [0.5, 0.6) is 11.5 Å². The Balaban J connectivity index is 1.35. The van der Waals surface area contributed by atoms with Crippen molar-refractivity contribution >= 4 is 5.91 Å². The maximum Gasteiger partial charge on any atom is 0.222 e. The number of morpholine rings is 1. The van der Waals surface area contributed by atoms with Crippen LogP contribution in [0.2, 0.25) is 0 Å². The number of hydrogen-bond donors (Lipinski definition) is 0. The molecule has 1 aromatic carbocycles. The number of rotatable bonds is 8. The molecule has 2 aliphatic heterocycles. The lowest BCUT2D eigenvalue weighted by atomic mass is 10.0. The molecule has 2 aliphatic rings. The average molecular weight is 391 g/mol. The minimum Gasteiger partial charge on any atom is -0.490 e. The molecule has 0 saturated carbocycles. The normalized spacial score (nSPS) is 21.5. The fourth-order valence-corrected chi connectivity index (χ4v) is 4.07. The van der Waals surface area contributed by atoms with E-state index >= 15 is 0 Å². The van der Waals surface area contributed by atoms with Crippen molar-refractivity contribution in [3.8, 4) is 11.5 Å². The van der Waals surface area contributed by atoms with E-state index in [1.165, 1.54) is 0 Å². The van der Waals surface area contributed by atoms with Crippen LogP contribution in [0.3, 0.4) is 0 Å². The number of nitrogens with zero attached hydrogens (tertiary/aromatic N) is 2. The highest BCUT2D eigenvalue weighted by atomic mass is 16.5. The van der Waals surface area contributed by atoms with E-state index in [9.17, 15) is 4.79 Å². The van der Waals surface area contributed by atoms with Crippen molar-refractivity contribution in [2.24, 2.45) is 0 Å². The number of carbonyl (C=O) groups is 1. The molecule has 3 rings (SSSR count). The summed E-state index contributed by atoms with van der Waals surface area (Å²) in [5.74, 6) is 1.75. The van der Waals surface area contributed by atoms with E-state index in [0.29, 0.717) is 31.8 Å². The zero-order valence-electron chi connectivity index (χ0n) is 17.3. The van der Waals surface area contributed by atoms with Gasteiger partial charge < -0.3 is 19.1 Å². The third kappa shape index (κ3) is 5.85. The van der Waals surface area contributed by atoms with Crippen molar-refractivity contribution in [2.45, 2.75) is 51.7 Å². The lowest BCUT2D eigenvalue weighted by Crippen LogP contribution is -2.51. The third-order valence-corrected chi connectivity index (χ3v) is 5.55. The van der Waals surface area contributed by atoms with Gasteiger partial charge in [0.05, 0.1) is 25.9 Å². The lowest BCUT2D eigenvalue weighted by molar-refractivity contribution is -0.133. The molecular weight excluding hydrogens is 356 g/mol. The Kier molecular flexibility index (Phi) is 7.98. The molecular formula is C22H34N2O4. The first kappa shape index (κ1) is 20.9. The number of carbonyl (C=O) groups excluding carboxylic acids is 1. The highest BCUT2D eigenvalue weighted by Crippen LogP contribution is 2.26. The van der Waals surface area contributed by atoms with Gasteiger partial charge in [0.15, 0.2) is 11.5 Å². The molecule has 0 aromatic heterocycles. The molecule has 2 heterocycles. The molecule has 1 amide bonds. The Hall–Kier alpha value is -1.79. The molecule has 28 heavy (non-hydrogen) atoms. The van der Waals surface area contributed by atoms with Gasteiger partial charge >= 0.3 is 0 Å². The fourth-order valence-electron chi connectivity index (χ4n) is 4.07. The topological polar surface area (TPSA) is 51.2 Å². The van der Waals surface area contributed by atoms with E-state index in [2.05, 4.69) is 11.8 Å². The van der Waals surface area contributed by atoms with Crippen molar-refractivity contribution in [1.82, 2.24) is 9.80 Å². The largest absolute Gasteiger partial charge is 0.490 e. The van der Waals surface area contributed by atoms with Crippen molar-refractivity contribution in [2.75, 3.05) is 46.0 Å². The second-order valence-electron chi connectivity index (χ2n) is 7.62. The van der Waals surface area contributed by atoms with Crippen molar-refractivity contribution < 1.29 is 19.0 Å². The number of amides is 1. The average Bonchev–Trinajstić information content (AvgIpc) is 2.72. The first-order valence-corrected chi connectivity index (χ1v) is 10.7. The summed E-state index contributed by atoms with van der Waals surface area (Å²) in [6.07, 6.45) is 3.71. The smallest absolute Gasteiger partial charge is 0.222 e. The Bertz CT molecular complexity index is 616. The van der Waals surface area contributed by atoms with E-state index in [1.54, 1.807) is 0 Å². The molecule has 156 valence electrons.